The lowest BCUT2D eigenvalue weighted by Gasteiger charge is -2.31. The zero-order valence-corrected chi connectivity index (χ0v) is 19.7. The number of aliphatic hydroxyl groups excluding tert-OH is 1. The van der Waals surface area contributed by atoms with Crippen molar-refractivity contribution in [3.8, 4) is 0 Å². The maximum absolute atomic E-state index is 13.4. The first-order valence-electron chi connectivity index (χ1n) is 11.6. The molecule has 1 aliphatic carbocycles. The Bertz CT molecular complexity index is 1180. The van der Waals surface area contributed by atoms with Gasteiger partial charge in [-0.05, 0) is 48.4 Å². The van der Waals surface area contributed by atoms with E-state index in [1.54, 1.807) is 16.8 Å². The molecular weight excluding hydrogens is 435 g/mol. The fourth-order valence-corrected chi connectivity index (χ4v) is 4.43. The molecule has 0 bridgehead atoms. The van der Waals surface area contributed by atoms with Gasteiger partial charge < -0.3 is 15.7 Å². The molecule has 180 valence electrons. The third-order valence-corrected chi connectivity index (χ3v) is 6.33. The second-order valence-corrected chi connectivity index (χ2v) is 10.0. The average Bonchev–Trinajstić information content (AvgIpc) is 3.36. The molecule has 3 N–H and O–H groups in total. The largest absolute Gasteiger partial charge is 0.391 e. The monoisotopic (exact) mass is 466 g/mol. The van der Waals surface area contributed by atoms with Gasteiger partial charge in [0, 0.05) is 5.39 Å². The Kier molecular flexibility index (Phi) is 6.70. The van der Waals surface area contributed by atoms with Gasteiger partial charge in [0.25, 0.3) is 5.91 Å². The molecule has 1 saturated carbocycles. The third kappa shape index (κ3) is 5.12. The summed E-state index contributed by atoms with van der Waals surface area (Å²) in [5.41, 5.74) is 1.28. The molecule has 3 aromatic rings. The average molecular weight is 467 g/mol. The summed E-state index contributed by atoms with van der Waals surface area (Å²) in [4.78, 5) is 26.5. The Morgan fingerprint density at radius 1 is 1.15 bits per heavy atom. The summed E-state index contributed by atoms with van der Waals surface area (Å²) in [5.74, 6) is -1.08. The van der Waals surface area contributed by atoms with Gasteiger partial charge in [0.2, 0.25) is 5.91 Å². The van der Waals surface area contributed by atoms with Gasteiger partial charge >= 0.3 is 0 Å². The summed E-state index contributed by atoms with van der Waals surface area (Å²) in [6.07, 6.45) is 1.67. The third-order valence-electron chi connectivity index (χ3n) is 6.33. The summed E-state index contributed by atoms with van der Waals surface area (Å²) in [5, 5.41) is 21.1. The number of para-hydroxylation sites is 1. The van der Waals surface area contributed by atoms with E-state index in [2.05, 4.69) is 15.7 Å². The minimum absolute atomic E-state index is 0.223. The highest BCUT2D eigenvalue weighted by Gasteiger charge is 2.36. The van der Waals surface area contributed by atoms with Crippen molar-refractivity contribution in [2.45, 2.75) is 64.8 Å². The molecule has 0 spiro atoms. The highest BCUT2D eigenvalue weighted by atomic mass is 19.1. The van der Waals surface area contributed by atoms with Gasteiger partial charge in [0.05, 0.1) is 24.2 Å². The fourth-order valence-electron chi connectivity index (χ4n) is 4.43. The molecule has 1 heterocycles. The zero-order chi connectivity index (χ0) is 24.5. The number of fused-ring (bicyclic) bond motifs is 1. The van der Waals surface area contributed by atoms with Gasteiger partial charge in [-0.25, -0.2) is 4.39 Å². The van der Waals surface area contributed by atoms with Gasteiger partial charge in [0.1, 0.15) is 11.9 Å². The van der Waals surface area contributed by atoms with Crippen LogP contribution in [-0.4, -0.2) is 44.9 Å². The fraction of sp³-hybridized carbons (Fsp3) is 0.423. The number of benzene rings is 2. The molecule has 2 amide bonds. The van der Waals surface area contributed by atoms with Crippen LogP contribution in [0.1, 0.15) is 56.1 Å². The molecule has 1 aromatic heterocycles. The van der Waals surface area contributed by atoms with E-state index in [9.17, 15) is 19.1 Å². The number of hydrogen-bond donors (Lipinski definition) is 3. The number of halogens is 1. The molecule has 1 fully saturated rings. The number of hydrogen-bond acceptors (Lipinski definition) is 4. The Morgan fingerprint density at radius 3 is 2.50 bits per heavy atom. The maximum atomic E-state index is 13.4. The van der Waals surface area contributed by atoms with Crippen LogP contribution >= 0.6 is 0 Å². The van der Waals surface area contributed by atoms with E-state index >= 15 is 0 Å². The smallest absolute Gasteiger partial charge is 0.273 e. The van der Waals surface area contributed by atoms with Crippen LogP contribution in [0.2, 0.25) is 0 Å². The van der Waals surface area contributed by atoms with Gasteiger partial charge in [-0.15, -0.1) is 0 Å². The standard InChI is InChI=1S/C26H31FN4O3/c1-26(2,3)23(25(34)28-19-8-6-10-21(19)32)29-24(33)22-18-7-4-5-9-20(18)31(30-22)15-16-11-13-17(27)14-12-16/h4-5,7,9,11-14,19,21,23,32H,6,8,10,15H2,1-3H3,(H,28,34)(H,29,33)/t19-,21+,23+/m0/s1. The van der Waals surface area contributed by atoms with Crippen molar-refractivity contribution >= 4 is 22.7 Å². The number of carbonyl (C=O) groups excluding carboxylic acids is 2. The highest BCUT2D eigenvalue weighted by molar-refractivity contribution is 6.06. The van der Waals surface area contributed by atoms with Crippen LogP contribution in [0.5, 0.6) is 0 Å². The Labute approximate surface area is 198 Å². The molecule has 0 unspecified atom stereocenters. The normalized spacial score (nSPS) is 19.2. The Balaban J connectivity index is 1.59. The van der Waals surface area contributed by atoms with Gasteiger partial charge in [-0.2, -0.15) is 5.10 Å². The number of rotatable bonds is 6. The minimum atomic E-state index is -0.811. The van der Waals surface area contributed by atoms with Crippen LogP contribution in [0.4, 0.5) is 4.39 Å². The van der Waals surface area contributed by atoms with E-state index < -0.39 is 23.5 Å². The van der Waals surface area contributed by atoms with Crippen LogP contribution < -0.4 is 10.6 Å². The molecular formula is C26H31FN4O3. The molecule has 4 rings (SSSR count). The number of amides is 2. The van der Waals surface area contributed by atoms with Gasteiger partial charge in [0.15, 0.2) is 5.69 Å². The van der Waals surface area contributed by atoms with Crippen molar-refractivity contribution in [2.75, 3.05) is 0 Å². The molecule has 34 heavy (non-hydrogen) atoms. The van der Waals surface area contributed by atoms with Crippen LogP contribution in [-0.2, 0) is 11.3 Å². The first-order valence-corrected chi connectivity index (χ1v) is 11.6. The van der Waals surface area contributed by atoms with Gasteiger partial charge in [-0.1, -0.05) is 51.1 Å². The van der Waals surface area contributed by atoms with E-state index in [1.807, 2.05) is 45.0 Å². The van der Waals surface area contributed by atoms with Gasteiger partial charge in [-0.3, -0.25) is 14.3 Å². The lowest BCUT2D eigenvalue weighted by atomic mass is 9.85. The van der Waals surface area contributed by atoms with Crippen LogP contribution in [0.25, 0.3) is 10.9 Å². The van der Waals surface area contributed by atoms with E-state index in [4.69, 9.17) is 0 Å². The lowest BCUT2D eigenvalue weighted by Crippen LogP contribution is -2.56. The van der Waals surface area contributed by atoms with E-state index in [0.717, 1.165) is 23.9 Å². The van der Waals surface area contributed by atoms with Crippen molar-refractivity contribution in [1.29, 1.82) is 0 Å². The summed E-state index contributed by atoms with van der Waals surface area (Å²) in [7, 11) is 0. The SMILES string of the molecule is CC(C)(C)[C@H](NC(=O)c1nn(Cc2ccc(F)cc2)c2ccccc12)C(=O)N[C@H]1CCC[C@H]1O. The van der Waals surface area contributed by atoms with Crippen molar-refractivity contribution in [3.63, 3.8) is 0 Å². The summed E-state index contributed by atoms with van der Waals surface area (Å²) >= 11 is 0. The topological polar surface area (TPSA) is 96.2 Å². The summed E-state index contributed by atoms with van der Waals surface area (Å²) in [6.45, 7) is 6.02. The second-order valence-electron chi connectivity index (χ2n) is 10.0. The molecule has 0 saturated heterocycles. The Morgan fingerprint density at radius 2 is 1.85 bits per heavy atom. The summed E-state index contributed by atoms with van der Waals surface area (Å²) in [6, 6.07) is 12.4. The van der Waals surface area contributed by atoms with Crippen LogP contribution in [0.3, 0.4) is 0 Å². The molecule has 0 radical (unpaired) electrons. The minimum Gasteiger partial charge on any atom is -0.391 e. The zero-order valence-electron chi connectivity index (χ0n) is 19.7. The first kappa shape index (κ1) is 23.9. The highest BCUT2D eigenvalue weighted by Crippen LogP contribution is 2.25. The van der Waals surface area contributed by atoms with Crippen LogP contribution in [0, 0.1) is 11.2 Å². The van der Waals surface area contributed by atoms with Crippen molar-refractivity contribution in [2.24, 2.45) is 5.41 Å². The van der Waals surface area contributed by atoms with E-state index in [-0.39, 0.29) is 23.5 Å². The van der Waals surface area contributed by atoms with Crippen molar-refractivity contribution in [1.82, 2.24) is 20.4 Å². The number of nitrogens with zero attached hydrogens (tertiary/aromatic N) is 2. The van der Waals surface area contributed by atoms with Crippen molar-refractivity contribution < 1.29 is 19.1 Å². The number of nitrogens with one attached hydrogen (secondary N) is 2. The number of aromatic nitrogens is 2. The molecule has 3 atom stereocenters. The molecule has 2 aromatic carbocycles. The quantitative estimate of drug-likeness (QED) is 0.519. The van der Waals surface area contributed by atoms with Crippen LogP contribution in [0.15, 0.2) is 48.5 Å². The van der Waals surface area contributed by atoms with E-state index in [1.165, 1.54) is 12.1 Å². The summed E-state index contributed by atoms with van der Waals surface area (Å²) < 4.78 is 15.0. The predicted molar refractivity (Wildman–Crippen MR) is 128 cm³/mol. The van der Waals surface area contributed by atoms with Crippen molar-refractivity contribution in [3.05, 3.63) is 65.6 Å². The lowest BCUT2D eigenvalue weighted by molar-refractivity contribution is -0.126. The first-order chi connectivity index (χ1) is 16.1. The maximum Gasteiger partial charge on any atom is 0.273 e. The molecule has 0 aliphatic heterocycles. The Hall–Kier alpha value is -3.26. The predicted octanol–water partition coefficient (Wildman–Crippen LogP) is 3.40. The molecule has 1 aliphatic rings. The molecule has 7 nitrogen and oxygen atoms in total. The number of carbonyl (C=O) groups is 2. The molecule has 8 heteroatoms. The second kappa shape index (κ2) is 9.54. The van der Waals surface area contributed by atoms with E-state index in [0.29, 0.717) is 18.4 Å². The number of aliphatic hydroxyl groups is 1.